The Kier molecular flexibility index (Phi) is 5.32. The molecule has 0 aliphatic heterocycles. The number of hydrogen-bond donors (Lipinski definition) is 0. The summed E-state index contributed by atoms with van der Waals surface area (Å²) < 4.78 is 10.3. The fourth-order valence-electron chi connectivity index (χ4n) is 2.77. The van der Waals surface area contributed by atoms with Crippen LogP contribution in [0, 0.1) is 11.8 Å². The zero-order valence-corrected chi connectivity index (χ0v) is 11.8. The molecule has 104 valence electrons. The maximum atomic E-state index is 12.7. The van der Waals surface area contributed by atoms with E-state index in [4.69, 9.17) is 9.47 Å². The molecular weight excluding hydrogens is 232 g/mol. The molecular formula is C14H24O4. The first-order valence-corrected chi connectivity index (χ1v) is 6.66. The van der Waals surface area contributed by atoms with Gasteiger partial charge in [-0.1, -0.05) is 33.1 Å². The summed E-state index contributed by atoms with van der Waals surface area (Å²) in [6.45, 7) is 3.73. The molecule has 0 heterocycles. The summed E-state index contributed by atoms with van der Waals surface area (Å²) in [7, 11) is 2.89. The fourth-order valence-corrected chi connectivity index (χ4v) is 2.77. The molecule has 0 aromatic heterocycles. The van der Waals surface area contributed by atoms with Gasteiger partial charge in [0.15, 0.2) is 5.78 Å². The van der Waals surface area contributed by atoms with Crippen molar-refractivity contribution in [3.63, 3.8) is 0 Å². The van der Waals surface area contributed by atoms with Gasteiger partial charge in [0.2, 0.25) is 0 Å². The van der Waals surface area contributed by atoms with Gasteiger partial charge in [-0.05, 0) is 18.8 Å². The molecule has 0 radical (unpaired) electrons. The third-order valence-corrected chi connectivity index (χ3v) is 3.91. The van der Waals surface area contributed by atoms with Gasteiger partial charge in [0.05, 0.1) is 7.11 Å². The maximum absolute atomic E-state index is 12.7. The van der Waals surface area contributed by atoms with Gasteiger partial charge >= 0.3 is 5.97 Å². The molecule has 0 N–H and O–H groups in total. The number of esters is 1. The van der Waals surface area contributed by atoms with E-state index >= 15 is 0 Å². The number of ether oxygens (including phenoxy) is 2. The van der Waals surface area contributed by atoms with E-state index in [9.17, 15) is 9.59 Å². The van der Waals surface area contributed by atoms with E-state index in [1.54, 1.807) is 7.11 Å². The van der Waals surface area contributed by atoms with E-state index in [-0.39, 0.29) is 11.7 Å². The molecule has 0 amide bonds. The standard InChI is InChI=1S/C14H24O4/c1-10(2)11(13(16)17-3)12(15)14(18-4)8-6-5-7-9-14/h10-11H,5-9H2,1-4H3. The van der Waals surface area contributed by atoms with Crippen molar-refractivity contribution >= 4 is 11.8 Å². The van der Waals surface area contributed by atoms with Crippen LogP contribution in [0.25, 0.3) is 0 Å². The van der Waals surface area contributed by atoms with Crippen LogP contribution in [-0.4, -0.2) is 31.6 Å². The molecule has 1 aliphatic rings. The molecule has 4 nitrogen and oxygen atoms in total. The normalized spacial score (nSPS) is 20.5. The Morgan fingerprint density at radius 2 is 1.61 bits per heavy atom. The monoisotopic (exact) mass is 256 g/mol. The lowest BCUT2D eigenvalue weighted by atomic mass is 9.74. The van der Waals surface area contributed by atoms with Crippen LogP contribution >= 0.6 is 0 Å². The molecule has 0 aromatic rings. The van der Waals surface area contributed by atoms with Crippen LogP contribution in [0.5, 0.6) is 0 Å². The smallest absolute Gasteiger partial charge is 0.316 e. The van der Waals surface area contributed by atoms with Crippen molar-refractivity contribution in [2.45, 2.75) is 51.6 Å². The minimum Gasteiger partial charge on any atom is -0.468 e. The van der Waals surface area contributed by atoms with Gasteiger partial charge in [0.1, 0.15) is 11.5 Å². The first-order valence-electron chi connectivity index (χ1n) is 6.66. The van der Waals surface area contributed by atoms with Gasteiger partial charge < -0.3 is 9.47 Å². The van der Waals surface area contributed by atoms with Crippen molar-refractivity contribution in [3.8, 4) is 0 Å². The number of Topliss-reactive ketones (excluding diaryl/α,β-unsaturated/α-hetero) is 1. The highest BCUT2D eigenvalue weighted by molar-refractivity contribution is 6.03. The lowest BCUT2D eigenvalue weighted by molar-refractivity contribution is -0.162. The second-order valence-electron chi connectivity index (χ2n) is 5.37. The number of carbonyl (C=O) groups excluding carboxylic acids is 2. The predicted molar refractivity (Wildman–Crippen MR) is 68.2 cm³/mol. The number of hydrogen-bond acceptors (Lipinski definition) is 4. The molecule has 0 spiro atoms. The van der Waals surface area contributed by atoms with Gasteiger partial charge in [-0.15, -0.1) is 0 Å². The number of carbonyl (C=O) groups is 2. The molecule has 1 unspecified atom stereocenters. The molecule has 0 aromatic carbocycles. The Hall–Kier alpha value is -0.900. The van der Waals surface area contributed by atoms with Crippen LogP contribution in [0.4, 0.5) is 0 Å². The Morgan fingerprint density at radius 1 is 1.06 bits per heavy atom. The lowest BCUT2D eigenvalue weighted by Crippen LogP contribution is -2.49. The van der Waals surface area contributed by atoms with E-state index in [0.717, 1.165) is 19.3 Å². The Bertz CT molecular complexity index is 303. The Morgan fingerprint density at radius 3 is 2.00 bits per heavy atom. The molecule has 1 saturated carbocycles. The van der Waals surface area contributed by atoms with E-state index < -0.39 is 17.5 Å². The summed E-state index contributed by atoms with van der Waals surface area (Å²) in [5.74, 6) is -1.34. The van der Waals surface area contributed by atoms with E-state index in [0.29, 0.717) is 12.8 Å². The summed E-state index contributed by atoms with van der Waals surface area (Å²) in [5.41, 5.74) is -0.776. The van der Waals surface area contributed by atoms with Crippen LogP contribution in [0.15, 0.2) is 0 Å². The average molecular weight is 256 g/mol. The van der Waals surface area contributed by atoms with E-state index in [1.165, 1.54) is 7.11 Å². The van der Waals surface area contributed by atoms with Crippen molar-refractivity contribution in [2.24, 2.45) is 11.8 Å². The van der Waals surface area contributed by atoms with Crippen LogP contribution in [-0.2, 0) is 19.1 Å². The van der Waals surface area contributed by atoms with Crippen molar-refractivity contribution in [1.82, 2.24) is 0 Å². The lowest BCUT2D eigenvalue weighted by Gasteiger charge is -2.37. The van der Waals surface area contributed by atoms with Crippen LogP contribution < -0.4 is 0 Å². The van der Waals surface area contributed by atoms with Crippen LogP contribution in [0.3, 0.4) is 0 Å². The summed E-state index contributed by atoms with van der Waals surface area (Å²) in [6, 6.07) is 0. The third kappa shape index (κ3) is 2.91. The van der Waals surface area contributed by atoms with E-state index in [2.05, 4.69) is 0 Å². The summed E-state index contributed by atoms with van der Waals surface area (Å²) >= 11 is 0. The van der Waals surface area contributed by atoms with Gasteiger partial charge in [0, 0.05) is 7.11 Å². The molecule has 1 aliphatic carbocycles. The third-order valence-electron chi connectivity index (χ3n) is 3.91. The summed E-state index contributed by atoms with van der Waals surface area (Å²) in [4.78, 5) is 24.5. The van der Waals surface area contributed by atoms with Gasteiger partial charge in [-0.3, -0.25) is 9.59 Å². The molecule has 18 heavy (non-hydrogen) atoms. The van der Waals surface area contributed by atoms with Crippen molar-refractivity contribution in [3.05, 3.63) is 0 Å². The summed E-state index contributed by atoms with van der Waals surface area (Å²) in [5, 5.41) is 0. The number of methoxy groups -OCH3 is 2. The zero-order chi connectivity index (χ0) is 13.8. The fraction of sp³-hybridized carbons (Fsp3) is 0.857. The quantitative estimate of drug-likeness (QED) is 0.559. The first kappa shape index (κ1) is 15.2. The highest BCUT2D eigenvalue weighted by atomic mass is 16.5. The second kappa shape index (κ2) is 6.32. The zero-order valence-electron chi connectivity index (χ0n) is 11.8. The molecule has 4 heteroatoms. The van der Waals surface area contributed by atoms with Crippen molar-refractivity contribution < 1.29 is 19.1 Å². The van der Waals surface area contributed by atoms with Crippen LogP contribution in [0.1, 0.15) is 46.0 Å². The van der Waals surface area contributed by atoms with Gasteiger partial charge in [-0.25, -0.2) is 0 Å². The first-order chi connectivity index (χ1) is 8.48. The SMILES string of the molecule is COC(=O)C(C(=O)C1(OC)CCCCC1)C(C)C. The molecule has 1 rings (SSSR count). The van der Waals surface area contributed by atoms with Crippen LogP contribution in [0.2, 0.25) is 0 Å². The number of ketones is 1. The topological polar surface area (TPSA) is 52.6 Å². The average Bonchev–Trinajstić information content (AvgIpc) is 2.38. The van der Waals surface area contributed by atoms with Crippen molar-refractivity contribution in [2.75, 3.05) is 14.2 Å². The van der Waals surface area contributed by atoms with Gasteiger partial charge in [-0.2, -0.15) is 0 Å². The second-order valence-corrected chi connectivity index (χ2v) is 5.37. The van der Waals surface area contributed by atoms with Crippen molar-refractivity contribution in [1.29, 1.82) is 0 Å². The Balaban J connectivity index is 2.96. The highest BCUT2D eigenvalue weighted by Gasteiger charge is 2.46. The molecule has 0 saturated heterocycles. The maximum Gasteiger partial charge on any atom is 0.316 e. The van der Waals surface area contributed by atoms with E-state index in [1.807, 2.05) is 13.8 Å². The minimum absolute atomic E-state index is 0.0705. The Labute approximate surface area is 109 Å². The van der Waals surface area contributed by atoms with Gasteiger partial charge in [0.25, 0.3) is 0 Å². The minimum atomic E-state index is -0.776. The number of rotatable bonds is 5. The summed E-state index contributed by atoms with van der Waals surface area (Å²) in [6.07, 6.45) is 4.51. The highest BCUT2D eigenvalue weighted by Crippen LogP contribution is 2.35. The molecule has 1 fully saturated rings. The molecule has 0 bridgehead atoms. The predicted octanol–water partition coefficient (Wildman–Crippen LogP) is 2.35. The molecule has 1 atom stereocenters. The largest absolute Gasteiger partial charge is 0.468 e.